The molecule has 124 valence electrons. The number of rotatable bonds is 5. The third kappa shape index (κ3) is 3.94. The summed E-state index contributed by atoms with van der Waals surface area (Å²) in [4.78, 5) is 24.1. The molecule has 1 atom stereocenters. The molecule has 6 heteroatoms. The van der Waals surface area contributed by atoms with E-state index in [1.54, 1.807) is 6.92 Å². The lowest BCUT2D eigenvalue weighted by atomic mass is 9.84. The van der Waals surface area contributed by atoms with Crippen LogP contribution in [0.15, 0.2) is 29.5 Å². The number of ether oxygens (including phenoxy) is 1. The van der Waals surface area contributed by atoms with Crippen LogP contribution in [-0.4, -0.2) is 18.5 Å². The molecule has 0 radical (unpaired) electrons. The van der Waals surface area contributed by atoms with Crippen molar-refractivity contribution in [1.29, 1.82) is 0 Å². The van der Waals surface area contributed by atoms with Crippen LogP contribution in [0.4, 0.5) is 8.78 Å². The van der Waals surface area contributed by atoms with Gasteiger partial charge in [0.25, 0.3) is 0 Å². The topological polar surface area (TPSA) is 55.4 Å². The molecule has 0 aliphatic carbocycles. The zero-order chi connectivity index (χ0) is 17.0. The molecular weight excluding hydrogens is 304 g/mol. The fraction of sp³-hybridized carbons (Fsp3) is 0.412. The average Bonchev–Trinajstić information content (AvgIpc) is 2.46. The lowest BCUT2D eigenvalue weighted by Gasteiger charge is -2.26. The van der Waals surface area contributed by atoms with Crippen LogP contribution >= 0.6 is 0 Å². The summed E-state index contributed by atoms with van der Waals surface area (Å²) in [6, 6.07) is 3.12. The average molecular weight is 323 g/mol. The molecule has 0 spiro atoms. The fourth-order valence-corrected chi connectivity index (χ4v) is 2.61. The van der Waals surface area contributed by atoms with Gasteiger partial charge in [-0.05, 0) is 25.0 Å². The van der Waals surface area contributed by atoms with Crippen LogP contribution < -0.4 is 5.32 Å². The van der Waals surface area contributed by atoms with Gasteiger partial charge >= 0.3 is 5.97 Å². The number of hydrogen-bond donors (Lipinski definition) is 1. The number of unbranched alkanes of at least 4 members (excludes halogenated alkanes) is 1. The molecule has 23 heavy (non-hydrogen) atoms. The van der Waals surface area contributed by atoms with Crippen molar-refractivity contribution in [2.24, 2.45) is 0 Å². The highest BCUT2D eigenvalue weighted by atomic mass is 19.1. The van der Waals surface area contributed by atoms with Gasteiger partial charge < -0.3 is 10.1 Å². The van der Waals surface area contributed by atoms with E-state index < -0.39 is 23.5 Å². The number of benzene rings is 1. The number of carbonyl (C=O) groups is 2. The molecule has 0 aromatic heterocycles. The van der Waals surface area contributed by atoms with E-state index in [-0.39, 0.29) is 30.1 Å². The minimum atomic E-state index is -0.781. The first-order valence-electron chi connectivity index (χ1n) is 7.56. The van der Waals surface area contributed by atoms with E-state index >= 15 is 0 Å². The summed E-state index contributed by atoms with van der Waals surface area (Å²) < 4.78 is 32.4. The number of esters is 1. The number of amides is 1. The third-order valence-corrected chi connectivity index (χ3v) is 3.76. The van der Waals surface area contributed by atoms with Gasteiger partial charge in [-0.2, -0.15) is 0 Å². The van der Waals surface area contributed by atoms with Crippen LogP contribution in [0.1, 0.15) is 44.6 Å². The third-order valence-electron chi connectivity index (χ3n) is 3.76. The van der Waals surface area contributed by atoms with Crippen LogP contribution in [0, 0.1) is 11.6 Å². The molecule has 1 amide bonds. The van der Waals surface area contributed by atoms with Crippen molar-refractivity contribution in [3.8, 4) is 0 Å². The van der Waals surface area contributed by atoms with E-state index in [0.717, 1.165) is 25.0 Å². The predicted octanol–water partition coefficient (Wildman–Crippen LogP) is 3.19. The standard InChI is InChI=1S/C17H19F2NO3/c1-3-4-7-23-17(22)16-10(2)20-15(21)9-13(16)12-6-5-11(18)8-14(12)19/h5-6,8,13H,3-4,7,9H2,1-2H3,(H,20,21). The summed E-state index contributed by atoms with van der Waals surface area (Å²) in [5.74, 6) is -3.17. The van der Waals surface area contributed by atoms with E-state index in [1.165, 1.54) is 6.07 Å². The van der Waals surface area contributed by atoms with Crippen molar-refractivity contribution in [2.75, 3.05) is 6.61 Å². The highest BCUT2D eigenvalue weighted by molar-refractivity contribution is 5.95. The predicted molar refractivity (Wildman–Crippen MR) is 80.4 cm³/mol. The first-order chi connectivity index (χ1) is 10.9. The van der Waals surface area contributed by atoms with Crippen LogP contribution in [0.5, 0.6) is 0 Å². The Hall–Kier alpha value is -2.24. The van der Waals surface area contributed by atoms with E-state index in [4.69, 9.17) is 4.74 Å². The molecule has 1 aliphatic heterocycles. The zero-order valence-electron chi connectivity index (χ0n) is 13.1. The molecular formula is C17H19F2NO3. The SMILES string of the molecule is CCCCOC(=O)C1=C(C)NC(=O)CC1c1ccc(F)cc1F. The maximum atomic E-state index is 14.1. The molecule has 0 saturated heterocycles. The largest absolute Gasteiger partial charge is 0.462 e. The highest BCUT2D eigenvalue weighted by Crippen LogP contribution is 2.35. The number of hydrogen-bond acceptors (Lipinski definition) is 3. The molecule has 4 nitrogen and oxygen atoms in total. The van der Waals surface area contributed by atoms with Gasteiger partial charge in [-0.25, -0.2) is 13.6 Å². The molecule has 2 rings (SSSR count). The van der Waals surface area contributed by atoms with Gasteiger partial charge in [-0.3, -0.25) is 4.79 Å². The summed E-state index contributed by atoms with van der Waals surface area (Å²) >= 11 is 0. The van der Waals surface area contributed by atoms with Crippen molar-refractivity contribution in [1.82, 2.24) is 5.32 Å². The molecule has 1 unspecified atom stereocenters. The Labute approximate surface area is 133 Å². The summed E-state index contributed by atoms with van der Waals surface area (Å²) in [6.07, 6.45) is 1.51. The van der Waals surface area contributed by atoms with Crippen molar-refractivity contribution in [2.45, 2.75) is 39.0 Å². The number of allylic oxidation sites excluding steroid dienone is 1. The van der Waals surface area contributed by atoms with Crippen LogP contribution in [0.2, 0.25) is 0 Å². The summed E-state index contributed by atoms with van der Waals surface area (Å²) in [7, 11) is 0. The Bertz CT molecular complexity index is 655. The molecule has 1 N–H and O–H groups in total. The van der Waals surface area contributed by atoms with Gasteiger partial charge in [0.05, 0.1) is 12.2 Å². The molecule has 1 heterocycles. The smallest absolute Gasteiger partial charge is 0.336 e. The Morgan fingerprint density at radius 2 is 2.13 bits per heavy atom. The first-order valence-corrected chi connectivity index (χ1v) is 7.56. The second kappa shape index (κ2) is 7.35. The molecule has 0 fully saturated rings. The van der Waals surface area contributed by atoms with Gasteiger partial charge in [-0.1, -0.05) is 19.4 Å². The van der Waals surface area contributed by atoms with Crippen molar-refractivity contribution < 1.29 is 23.1 Å². The number of nitrogens with one attached hydrogen (secondary N) is 1. The second-order valence-corrected chi connectivity index (χ2v) is 5.50. The first kappa shape index (κ1) is 17.1. The normalized spacial score (nSPS) is 17.9. The van der Waals surface area contributed by atoms with Crippen molar-refractivity contribution in [3.63, 3.8) is 0 Å². The summed E-state index contributed by atoms with van der Waals surface area (Å²) in [5.41, 5.74) is 0.672. The molecule has 1 aliphatic rings. The maximum absolute atomic E-state index is 14.1. The Kier molecular flexibility index (Phi) is 5.47. The van der Waals surface area contributed by atoms with Gasteiger partial charge in [0.15, 0.2) is 0 Å². The molecule has 0 saturated carbocycles. The Morgan fingerprint density at radius 1 is 1.39 bits per heavy atom. The maximum Gasteiger partial charge on any atom is 0.336 e. The number of carbonyl (C=O) groups excluding carboxylic acids is 2. The highest BCUT2D eigenvalue weighted by Gasteiger charge is 2.34. The quantitative estimate of drug-likeness (QED) is 0.669. The Balaban J connectivity index is 2.36. The van der Waals surface area contributed by atoms with E-state index in [2.05, 4.69) is 5.32 Å². The molecule has 1 aromatic carbocycles. The van der Waals surface area contributed by atoms with Gasteiger partial charge in [0, 0.05) is 24.1 Å². The van der Waals surface area contributed by atoms with Gasteiger partial charge in [0.1, 0.15) is 11.6 Å². The van der Waals surface area contributed by atoms with E-state index in [0.29, 0.717) is 5.70 Å². The zero-order valence-corrected chi connectivity index (χ0v) is 13.1. The minimum Gasteiger partial charge on any atom is -0.462 e. The molecule has 1 aromatic rings. The fourth-order valence-electron chi connectivity index (χ4n) is 2.61. The van der Waals surface area contributed by atoms with E-state index in [1.807, 2.05) is 6.92 Å². The van der Waals surface area contributed by atoms with Crippen molar-refractivity contribution >= 4 is 11.9 Å². The number of halogens is 2. The summed E-state index contributed by atoms with van der Waals surface area (Å²) in [5, 5.41) is 2.57. The Morgan fingerprint density at radius 3 is 2.78 bits per heavy atom. The monoisotopic (exact) mass is 323 g/mol. The van der Waals surface area contributed by atoms with Crippen molar-refractivity contribution in [3.05, 3.63) is 46.7 Å². The minimum absolute atomic E-state index is 0.0852. The van der Waals surface area contributed by atoms with Gasteiger partial charge in [0.2, 0.25) is 5.91 Å². The van der Waals surface area contributed by atoms with E-state index in [9.17, 15) is 18.4 Å². The van der Waals surface area contributed by atoms with Gasteiger partial charge in [-0.15, -0.1) is 0 Å². The van der Waals surface area contributed by atoms with Crippen LogP contribution in [-0.2, 0) is 14.3 Å². The van der Waals surface area contributed by atoms with Crippen LogP contribution in [0.25, 0.3) is 0 Å². The lowest BCUT2D eigenvalue weighted by Crippen LogP contribution is -2.34. The second-order valence-electron chi connectivity index (χ2n) is 5.50. The molecule has 0 bridgehead atoms. The van der Waals surface area contributed by atoms with Crippen LogP contribution in [0.3, 0.4) is 0 Å². The lowest BCUT2D eigenvalue weighted by molar-refractivity contribution is -0.139. The summed E-state index contributed by atoms with van der Waals surface area (Å²) in [6.45, 7) is 3.80.